The van der Waals surface area contributed by atoms with Crippen molar-refractivity contribution in [2.45, 2.75) is 26.6 Å². The molecule has 4 aromatic carbocycles. The van der Waals surface area contributed by atoms with Gasteiger partial charge in [-0.05, 0) is 66.6 Å². The molecule has 0 aliphatic heterocycles. The van der Waals surface area contributed by atoms with Gasteiger partial charge in [0.25, 0.3) is 17.1 Å². The van der Waals surface area contributed by atoms with Crippen LogP contribution in [0.5, 0.6) is 0 Å². The zero-order valence-electron chi connectivity index (χ0n) is 32.2. The van der Waals surface area contributed by atoms with Crippen LogP contribution in [0.4, 0.5) is 22.7 Å². The van der Waals surface area contributed by atoms with Crippen LogP contribution in [0.2, 0.25) is 0 Å². The Morgan fingerprint density at radius 2 is 0.933 bits per heavy atom. The van der Waals surface area contributed by atoms with Crippen LogP contribution in [-0.4, -0.2) is 103 Å². The number of carbonyl (C=O) groups excluding carboxylic acids is 2. The van der Waals surface area contributed by atoms with Gasteiger partial charge in [-0.25, -0.2) is 19.2 Å². The highest BCUT2D eigenvalue weighted by Crippen LogP contribution is 2.22. The number of nitro groups is 3. The van der Waals surface area contributed by atoms with E-state index in [4.69, 9.17) is 26.2 Å². The fourth-order valence-electron chi connectivity index (χ4n) is 4.76. The maximum absolute atomic E-state index is 10.8. The van der Waals surface area contributed by atoms with E-state index in [9.17, 15) is 59.1 Å². The Balaban J connectivity index is 0.000000402. The quantitative estimate of drug-likeness (QED) is 0.0425. The van der Waals surface area contributed by atoms with Gasteiger partial charge in [-0.2, -0.15) is 0 Å². The van der Waals surface area contributed by atoms with Crippen molar-refractivity contribution in [1.29, 1.82) is 0 Å². The number of rotatable bonds is 15. The first-order valence-electron chi connectivity index (χ1n) is 16.6. The molecule has 0 bridgehead atoms. The van der Waals surface area contributed by atoms with Gasteiger partial charge in [0.1, 0.15) is 16.7 Å². The summed E-state index contributed by atoms with van der Waals surface area (Å²) in [5, 5.41) is 69.4. The first-order valence-corrected chi connectivity index (χ1v) is 16.6. The lowest BCUT2D eigenvalue weighted by Gasteiger charge is -2.11. The molecule has 0 radical (unpaired) electrons. The third kappa shape index (κ3) is 15.7. The Morgan fingerprint density at radius 1 is 0.600 bits per heavy atom. The Bertz CT molecular complexity index is 2270. The summed E-state index contributed by atoms with van der Waals surface area (Å²) in [6.07, 6.45) is 1.26. The molecule has 0 heterocycles. The summed E-state index contributed by atoms with van der Waals surface area (Å²) >= 11 is 0. The van der Waals surface area contributed by atoms with Gasteiger partial charge in [-0.15, -0.1) is 0 Å². The summed E-state index contributed by atoms with van der Waals surface area (Å²) in [5.74, 6) is -5.01. The monoisotopic (exact) mass is 837 g/mol. The molecule has 0 aliphatic carbocycles. The number of amides is 2. The van der Waals surface area contributed by atoms with E-state index >= 15 is 0 Å². The van der Waals surface area contributed by atoms with Crippen LogP contribution in [0.15, 0.2) is 72.8 Å². The molecule has 4 aromatic rings. The fraction of sp³-hybridized carbons (Fsp3) is 0.189. The van der Waals surface area contributed by atoms with Gasteiger partial charge >= 0.3 is 23.9 Å². The highest BCUT2D eigenvalue weighted by atomic mass is 16.6. The number of benzene rings is 4. The third-order valence-corrected chi connectivity index (χ3v) is 7.51. The summed E-state index contributed by atoms with van der Waals surface area (Å²) in [7, 11) is 4.85. The summed E-state index contributed by atoms with van der Waals surface area (Å²) in [4.78, 5) is 95.8. The van der Waals surface area contributed by atoms with Gasteiger partial charge in [-0.1, -0.05) is 24.3 Å². The van der Waals surface area contributed by atoms with Crippen LogP contribution in [0, 0.1) is 37.3 Å². The Morgan fingerprint density at radius 3 is 1.30 bits per heavy atom. The van der Waals surface area contributed by atoms with Crippen molar-refractivity contribution < 1.29 is 64.0 Å². The number of carbonyl (C=O) groups is 6. The number of aromatic carboxylic acids is 4. The average molecular weight is 838 g/mol. The largest absolute Gasteiger partial charge is 0.478 e. The number of carboxylic acid groups (broad SMARTS) is 4. The molecule has 23 heteroatoms. The molecule has 0 atom stereocenters. The van der Waals surface area contributed by atoms with Gasteiger partial charge in [-0.3, -0.25) is 39.9 Å². The highest BCUT2D eigenvalue weighted by molar-refractivity contribution is 5.94. The van der Waals surface area contributed by atoms with Gasteiger partial charge in [0.2, 0.25) is 12.8 Å². The Labute approximate surface area is 339 Å². The smallest absolute Gasteiger partial charge is 0.342 e. The zero-order chi connectivity index (χ0) is 45.9. The van der Waals surface area contributed by atoms with Crippen molar-refractivity contribution in [3.63, 3.8) is 0 Å². The number of hydrogen-bond donors (Lipinski definition) is 6. The molecule has 0 aromatic heterocycles. The minimum atomic E-state index is -1.37. The number of nitro benzene ring substituents is 3. The van der Waals surface area contributed by atoms with E-state index in [2.05, 4.69) is 5.32 Å². The molecule has 0 fully saturated rings. The maximum atomic E-state index is 10.8. The molecule has 0 saturated carbocycles. The zero-order valence-corrected chi connectivity index (χ0v) is 32.2. The van der Waals surface area contributed by atoms with Gasteiger partial charge in [0.05, 0.1) is 20.3 Å². The normalized spacial score (nSPS) is 9.73. The highest BCUT2D eigenvalue weighted by Gasteiger charge is 2.21. The molecular weight excluding hydrogens is 798 g/mol. The number of nitrogens with zero attached hydrogens (tertiary/aromatic N) is 5. The minimum Gasteiger partial charge on any atom is -0.478 e. The molecule has 60 heavy (non-hydrogen) atoms. The SMILES string of the molecule is CN(C=O)Cc1ccc(N)c(C(=O)O)c1.CN(C=O)Cc1ccc([N+](=O)[O-])c(C(=O)O)c1.CNCc1ccc([N+](=O)[O-])c(C(=O)O)c1.Cc1ccc([N+](=O)[O-])c(C(=O)O)c1. The summed E-state index contributed by atoms with van der Waals surface area (Å²) in [6, 6.07) is 16.4. The molecule has 0 unspecified atom stereocenters. The average Bonchev–Trinajstić information content (AvgIpc) is 3.18. The van der Waals surface area contributed by atoms with Crippen LogP contribution in [0.3, 0.4) is 0 Å². The molecule has 0 saturated heterocycles. The predicted octanol–water partition coefficient (Wildman–Crippen LogP) is 4.05. The molecular formula is C37H39N7O16. The van der Waals surface area contributed by atoms with Gasteiger partial charge in [0, 0.05) is 57.6 Å². The summed E-state index contributed by atoms with van der Waals surface area (Å²) < 4.78 is 0. The van der Waals surface area contributed by atoms with Crippen LogP contribution < -0.4 is 11.1 Å². The Kier molecular flexibility index (Phi) is 19.6. The second-order valence-corrected chi connectivity index (χ2v) is 12.2. The number of nitrogens with two attached hydrogens (primary N) is 1. The Hall–Kier alpha value is -8.34. The number of anilines is 1. The molecule has 0 aliphatic rings. The van der Waals surface area contributed by atoms with Crippen molar-refractivity contribution in [3.05, 3.63) is 148 Å². The van der Waals surface area contributed by atoms with Crippen LogP contribution >= 0.6 is 0 Å². The summed E-state index contributed by atoms with van der Waals surface area (Å²) in [6.45, 7) is 2.71. The molecule has 0 spiro atoms. The number of carboxylic acids is 4. The number of nitrogens with one attached hydrogen (secondary N) is 1. The molecule has 318 valence electrons. The standard InChI is InChI=1S/C10H10N2O5.C10H12N2O3.C9H10N2O4.C8H7NO4/c1-11(6-13)5-7-2-3-9(12(16)17)8(4-7)10(14)15;1-12(6-13)5-7-2-3-9(11)8(4-7)10(14)15;1-10-5-6-2-3-8(11(14)15)7(4-6)9(12)13;1-5-2-3-7(9(12)13)6(4-5)8(10)11/h2-4,6H,5H2,1H3,(H,14,15);2-4,6H,5,11H2,1H3,(H,14,15);2-4,10H,5H2,1H3,(H,12,13);2-4H,1H3,(H,10,11). The molecule has 23 nitrogen and oxygen atoms in total. The van der Waals surface area contributed by atoms with Crippen molar-refractivity contribution in [2.75, 3.05) is 26.9 Å². The van der Waals surface area contributed by atoms with Crippen LogP contribution in [0.25, 0.3) is 0 Å². The molecule has 2 amide bonds. The number of hydrogen-bond acceptors (Lipinski definition) is 14. The lowest BCUT2D eigenvalue weighted by molar-refractivity contribution is -0.385. The van der Waals surface area contributed by atoms with Gasteiger partial charge in [0.15, 0.2) is 0 Å². The first kappa shape index (κ1) is 49.7. The molecule has 4 rings (SSSR count). The number of aryl methyl sites for hydroxylation is 1. The van der Waals surface area contributed by atoms with E-state index in [1.165, 1.54) is 77.5 Å². The first-order chi connectivity index (χ1) is 28.1. The van der Waals surface area contributed by atoms with Crippen molar-refractivity contribution >= 4 is 59.4 Å². The third-order valence-electron chi connectivity index (χ3n) is 7.51. The van der Waals surface area contributed by atoms with E-state index in [-0.39, 0.29) is 45.9 Å². The lowest BCUT2D eigenvalue weighted by Crippen LogP contribution is -2.15. The maximum Gasteiger partial charge on any atom is 0.342 e. The molecule has 7 N–H and O–H groups in total. The second-order valence-electron chi connectivity index (χ2n) is 12.2. The van der Waals surface area contributed by atoms with Crippen LogP contribution in [-0.2, 0) is 29.2 Å². The van der Waals surface area contributed by atoms with Gasteiger partial charge < -0.3 is 41.3 Å². The van der Waals surface area contributed by atoms with E-state index in [0.717, 1.165) is 11.6 Å². The van der Waals surface area contributed by atoms with E-state index in [0.29, 0.717) is 42.6 Å². The van der Waals surface area contributed by atoms with Crippen molar-refractivity contribution in [3.8, 4) is 0 Å². The van der Waals surface area contributed by atoms with E-state index < -0.39 is 44.3 Å². The second kappa shape index (κ2) is 23.7. The number of nitrogen functional groups attached to an aromatic ring is 1. The summed E-state index contributed by atoms with van der Waals surface area (Å²) in [5.41, 5.74) is 6.23. The fourth-order valence-corrected chi connectivity index (χ4v) is 4.76. The predicted molar refractivity (Wildman–Crippen MR) is 211 cm³/mol. The van der Waals surface area contributed by atoms with E-state index in [1.54, 1.807) is 27.1 Å². The van der Waals surface area contributed by atoms with Crippen LogP contribution in [0.1, 0.15) is 63.7 Å². The van der Waals surface area contributed by atoms with Crippen molar-refractivity contribution in [1.82, 2.24) is 15.1 Å². The van der Waals surface area contributed by atoms with Crippen molar-refractivity contribution in [2.24, 2.45) is 0 Å². The lowest BCUT2D eigenvalue weighted by atomic mass is 10.1. The minimum absolute atomic E-state index is 0.0619. The topological polar surface area (TPSA) is 357 Å². The van der Waals surface area contributed by atoms with E-state index in [1.807, 2.05) is 0 Å².